The largest absolute Gasteiger partial charge is 0.301 e. The summed E-state index contributed by atoms with van der Waals surface area (Å²) in [7, 11) is 1.61. The monoisotopic (exact) mass is 230 g/mol. The van der Waals surface area contributed by atoms with E-state index in [1.165, 1.54) is 4.68 Å². The number of benzene rings is 1. The molecule has 14 heavy (non-hydrogen) atoms. The summed E-state index contributed by atoms with van der Waals surface area (Å²) < 4.78 is 21.5. The minimum atomic E-state index is -2.08. The van der Waals surface area contributed by atoms with E-state index in [0.29, 0.717) is 15.9 Å². The average molecular weight is 231 g/mol. The second-order valence-corrected chi connectivity index (χ2v) is 4.10. The first kappa shape index (κ1) is 9.64. The van der Waals surface area contributed by atoms with Crippen LogP contribution < -0.4 is 0 Å². The third kappa shape index (κ3) is 1.33. The molecule has 0 saturated heterocycles. The first-order valence-corrected chi connectivity index (χ1v) is 5.32. The van der Waals surface area contributed by atoms with Crippen LogP contribution in [0.25, 0.3) is 10.9 Å². The Morgan fingerprint density at radius 1 is 1.57 bits per heavy atom. The first-order chi connectivity index (χ1) is 6.61. The van der Waals surface area contributed by atoms with Crippen LogP contribution in [0.2, 0.25) is 5.02 Å². The summed E-state index contributed by atoms with van der Waals surface area (Å²) in [5, 5.41) is 5.28. The Hall–Kier alpha value is -0.910. The predicted molar refractivity (Wildman–Crippen MR) is 54.8 cm³/mol. The standard InChI is InChI=1S/C8H7ClN2O2S/c1-11-8(14(12)13)7-5(9)3-2-4-6(7)10-11/h2-4H,1H3,(H,12,13). The number of rotatable bonds is 1. The van der Waals surface area contributed by atoms with Crippen LogP contribution in [0.15, 0.2) is 23.2 Å². The molecule has 1 atom stereocenters. The van der Waals surface area contributed by atoms with Crippen LogP contribution in [-0.2, 0) is 18.1 Å². The van der Waals surface area contributed by atoms with Crippen molar-refractivity contribution < 1.29 is 8.76 Å². The molecule has 0 aliphatic rings. The van der Waals surface area contributed by atoms with Crippen molar-refractivity contribution in [2.75, 3.05) is 0 Å². The number of hydrogen-bond donors (Lipinski definition) is 1. The molecule has 1 unspecified atom stereocenters. The van der Waals surface area contributed by atoms with Crippen LogP contribution in [-0.4, -0.2) is 18.5 Å². The van der Waals surface area contributed by atoms with E-state index in [0.717, 1.165) is 0 Å². The number of aromatic nitrogens is 2. The van der Waals surface area contributed by atoms with Crippen molar-refractivity contribution in [2.45, 2.75) is 5.03 Å². The second kappa shape index (κ2) is 3.34. The lowest BCUT2D eigenvalue weighted by atomic mass is 10.3. The lowest BCUT2D eigenvalue weighted by Gasteiger charge is -1.96. The smallest absolute Gasteiger partial charge is 0.206 e. The highest BCUT2D eigenvalue weighted by atomic mass is 35.5. The maximum absolute atomic E-state index is 11.0. The van der Waals surface area contributed by atoms with E-state index >= 15 is 0 Å². The lowest BCUT2D eigenvalue weighted by molar-refractivity contribution is 0.549. The minimum Gasteiger partial charge on any atom is -0.301 e. The van der Waals surface area contributed by atoms with Crippen molar-refractivity contribution in [3.63, 3.8) is 0 Å². The van der Waals surface area contributed by atoms with Crippen molar-refractivity contribution in [3.05, 3.63) is 23.2 Å². The van der Waals surface area contributed by atoms with Gasteiger partial charge < -0.3 is 4.55 Å². The van der Waals surface area contributed by atoms with Crippen LogP contribution in [0.1, 0.15) is 0 Å². The Balaban J connectivity index is 2.93. The summed E-state index contributed by atoms with van der Waals surface area (Å²) in [6.45, 7) is 0. The van der Waals surface area contributed by atoms with Gasteiger partial charge in [0.05, 0.1) is 15.9 Å². The molecular formula is C8H7ClN2O2S. The fourth-order valence-electron chi connectivity index (χ4n) is 1.38. The third-order valence-corrected chi connectivity index (χ3v) is 3.04. The highest BCUT2D eigenvalue weighted by molar-refractivity contribution is 7.79. The normalized spacial score (nSPS) is 13.4. The Kier molecular flexibility index (Phi) is 2.30. The van der Waals surface area contributed by atoms with Gasteiger partial charge in [0, 0.05) is 7.05 Å². The van der Waals surface area contributed by atoms with Gasteiger partial charge in [0.1, 0.15) is 0 Å². The summed E-state index contributed by atoms with van der Waals surface area (Å²) in [5.74, 6) is 0. The van der Waals surface area contributed by atoms with E-state index in [1.54, 1.807) is 25.2 Å². The number of halogens is 1. The van der Waals surface area contributed by atoms with Gasteiger partial charge in [0.15, 0.2) is 5.03 Å². The van der Waals surface area contributed by atoms with Crippen LogP contribution in [0.3, 0.4) is 0 Å². The van der Waals surface area contributed by atoms with Crippen LogP contribution in [0.4, 0.5) is 0 Å². The molecule has 74 valence electrons. The molecular weight excluding hydrogens is 224 g/mol. The van der Waals surface area contributed by atoms with E-state index in [4.69, 9.17) is 16.2 Å². The van der Waals surface area contributed by atoms with E-state index in [2.05, 4.69) is 5.10 Å². The summed E-state index contributed by atoms with van der Waals surface area (Å²) in [5.41, 5.74) is 0.623. The lowest BCUT2D eigenvalue weighted by Crippen LogP contribution is -1.99. The first-order valence-electron chi connectivity index (χ1n) is 3.83. The summed E-state index contributed by atoms with van der Waals surface area (Å²) in [4.78, 5) is 0. The van der Waals surface area contributed by atoms with Crippen LogP contribution in [0.5, 0.6) is 0 Å². The molecule has 6 heteroatoms. The zero-order valence-corrected chi connectivity index (χ0v) is 8.84. The maximum Gasteiger partial charge on any atom is 0.206 e. The molecule has 0 aliphatic carbocycles. The Bertz CT molecular complexity index is 523. The average Bonchev–Trinajstić information content (AvgIpc) is 2.42. The summed E-state index contributed by atoms with van der Waals surface area (Å²) in [6, 6.07) is 5.17. The van der Waals surface area contributed by atoms with Crippen molar-refractivity contribution in [2.24, 2.45) is 7.05 Å². The fourth-order valence-corrected chi connectivity index (χ4v) is 2.35. The second-order valence-electron chi connectivity index (χ2n) is 2.81. The van der Waals surface area contributed by atoms with Crippen molar-refractivity contribution in [1.82, 2.24) is 9.78 Å². The van der Waals surface area contributed by atoms with Gasteiger partial charge in [-0.3, -0.25) is 4.68 Å². The van der Waals surface area contributed by atoms with Gasteiger partial charge in [-0.2, -0.15) is 5.10 Å². The number of nitrogens with zero attached hydrogens (tertiary/aromatic N) is 2. The van der Waals surface area contributed by atoms with Crippen LogP contribution >= 0.6 is 11.6 Å². The highest BCUT2D eigenvalue weighted by Crippen LogP contribution is 2.27. The molecule has 0 aliphatic heterocycles. The molecule has 0 bridgehead atoms. The van der Waals surface area contributed by atoms with Crippen molar-refractivity contribution >= 4 is 33.6 Å². The van der Waals surface area contributed by atoms with Crippen molar-refractivity contribution in [1.29, 1.82) is 0 Å². The van der Waals surface area contributed by atoms with Crippen molar-refractivity contribution in [3.8, 4) is 0 Å². The molecule has 0 amide bonds. The molecule has 0 radical (unpaired) electrons. The zero-order chi connectivity index (χ0) is 10.3. The fraction of sp³-hybridized carbons (Fsp3) is 0.125. The van der Waals surface area contributed by atoms with E-state index < -0.39 is 11.1 Å². The van der Waals surface area contributed by atoms with Gasteiger partial charge in [0.2, 0.25) is 11.1 Å². The molecule has 1 N–H and O–H groups in total. The molecule has 1 heterocycles. The highest BCUT2D eigenvalue weighted by Gasteiger charge is 2.15. The topological polar surface area (TPSA) is 55.1 Å². The van der Waals surface area contributed by atoms with E-state index in [1.807, 2.05) is 0 Å². The molecule has 0 saturated carbocycles. The molecule has 2 aromatic rings. The molecule has 4 nitrogen and oxygen atoms in total. The van der Waals surface area contributed by atoms with Gasteiger partial charge in [0.25, 0.3) is 0 Å². The number of fused-ring (bicyclic) bond motifs is 1. The number of aryl methyl sites for hydroxylation is 1. The van der Waals surface area contributed by atoms with E-state index in [9.17, 15) is 4.21 Å². The SMILES string of the molecule is Cn1nc2cccc(Cl)c2c1S(=O)O. The molecule has 1 aromatic carbocycles. The summed E-state index contributed by atoms with van der Waals surface area (Å²) in [6.07, 6.45) is 0. The van der Waals surface area contributed by atoms with Crippen LogP contribution in [0, 0.1) is 0 Å². The molecule has 0 spiro atoms. The Morgan fingerprint density at radius 2 is 2.29 bits per heavy atom. The Morgan fingerprint density at radius 3 is 2.93 bits per heavy atom. The van der Waals surface area contributed by atoms with Gasteiger partial charge in [-0.15, -0.1) is 0 Å². The minimum absolute atomic E-state index is 0.227. The quantitative estimate of drug-likeness (QED) is 0.761. The third-order valence-electron chi connectivity index (χ3n) is 1.92. The maximum atomic E-state index is 11.0. The van der Waals surface area contributed by atoms with Gasteiger partial charge in [-0.25, -0.2) is 4.21 Å². The predicted octanol–water partition coefficient (Wildman–Crippen LogP) is 1.81. The van der Waals surface area contributed by atoms with Gasteiger partial charge >= 0.3 is 0 Å². The summed E-state index contributed by atoms with van der Waals surface area (Å²) >= 11 is 3.84. The zero-order valence-electron chi connectivity index (χ0n) is 7.27. The molecule has 2 rings (SSSR count). The Labute approximate surface area is 87.8 Å². The van der Waals surface area contributed by atoms with Gasteiger partial charge in [-0.05, 0) is 12.1 Å². The molecule has 0 fully saturated rings. The molecule has 1 aromatic heterocycles. The number of hydrogen-bond acceptors (Lipinski definition) is 2. The van der Waals surface area contributed by atoms with Gasteiger partial charge in [-0.1, -0.05) is 17.7 Å². The van der Waals surface area contributed by atoms with E-state index in [-0.39, 0.29) is 5.03 Å².